The smallest absolute Gasteiger partial charge is 0.351 e. The molecule has 2 amide bonds. The number of alkyl halides is 3. The zero-order valence-electron chi connectivity index (χ0n) is 19.7. The minimum absolute atomic E-state index is 0.0221. The number of nitrogens with one attached hydrogen (secondary N) is 1. The molecule has 1 heterocycles. The second-order valence-electron chi connectivity index (χ2n) is 8.74. The van der Waals surface area contributed by atoms with Gasteiger partial charge in [0.05, 0.1) is 10.5 Å². The first-order valence-electron chi connectivity index (χ1n) is 11.1. The summed E-state index contributed by atoms with van der Waals surface area (Å²) in [6, 6.07) is 9.69. The Bertz CT molecular complexity index is 1180. The van der Waals surface area contributed by atoms with Crippen LogP contribution in [0.1, 0.15) is 43.4 Å². The molecule has 1 N–H and O–H groups in total. The number of piperazine rings is 1. The fourth-order valence-electron chi connectivity index (χ4n) is 3.88. The maximum absolute atomic E-state index is 13.4. The summed E-state index contributed by atoms with van der Waals surface area (Å²) in [4.78, 5) is 26.4. The van der Waals surface area contributed by atoms with Gasteiger partial charge in [0.25, 0.3) is 0 Å². The second kappa shape index (κ2) is 10.4. The zero-order valence-corrected chi connectivity index (χ0v) is 20.5. The van der Waals surface area contributed by atoms with Crippen LogP contribution in [-0.4, -0.2) is 55.1 Å². The van der Waals surface area contributed by atoms with Crippen molar-refractivity contribution in [3.05, 3.63) is 65.2 Å². The van der Waals surface area contributed by atoms with Gasteiger partial charge in [-0.1, -0.05) is 38.1 Å². The number of rotatable bonds is 6. The third-order valence-electron chi connectivity index (χ3n) is 5.95. The van der Waals surface area contributed by atoms with Gasteiger partial charge in [-0.2, -0.15) is 17.5 Å². The minimum Gasteiger partial charge on any atom is -0.351 e. The molecule has 35 heavy (non-hydrogen) atoms. The van der Waals surface area contributed by atoms with Crippen LogP contribution in [0.4, 0.5) is 13.2 Å². The van der Waals surface area contributed by atoms with Gasteiger partial charge in [-0.15, -0.1) is 0 Å². The summed E-state index contributed by atoms with van der Waals surface area (Å²) in [7, 11) is -4.07. The molecule has 2 aromatic rings. The summed E-state index contributed by atoms with van der Waals surface area (Å²) in [5, 5.41) is 2.53. The number of hydrogen-bond donors (Lipinski definition) is 1. The van der Waals surface area contributed by atoms with E-state index in [1.807, 2.05) is 13.8 Å². The molecule has 0 radical (unpaired) electrons. The molecule has 1 fully saturated rings. The molecule has 7 nitrogen and oxygen atoms in total. The van der Waals surface area contributed by atoms with Gasteiger partial charge in [-0.05, 0) is 41.3 Å². The molecule has 11 heteroatoms. The number of carbonyl (C=O) groups excluding carboxylic acids is 2. The van der Waals surface area contributed by atoms with Crippen molar-refractivity contribution in [3.8, 4) is 0 Å². The molecule has 0 bridgehead atoms. The first-order valence-corrected chi connectivity index (χ1v) is 12.6. The number of halogens is 3. The highest BCUT2D eigenvalue weighted by atomic mass is 32.2. The Morgan fingerprint density at radius 2 is 1.74 bits per heavy atom. The van der Waals surface area contributed by atoms with E-state index in [1.165, 1.54) is 36.1 Å². The predicted octanol–water partition coefficient (Wildman–Crippen LogP) is 3.37. The number of benzene rings is 2. The largest absolute Gasteiger partial charge is 0.416 e. The highest BCUT2D eigenvalue weighted by Crippen LogP contribution is 2.29. The molecule has 1 saturated heterocycles. The quantitative estimate of drug-likeness (QED) is 0.645. The molecular weight excluding hydrogens is 483 g/mol. The van der Waals surface area contributed by atoms with Gasteiger partial charge in [0.1, 0.15) is 6.04 Å². The van der Waals surface area contributed by atoms with Crippen LogP contribution in [0.2, 0.25) is 0 Å². The molecular formula is C24H28F3N3O4S. The van der Waals surface area contributed by atoms with Gasteiger partial charge in [0.15, 0.2) is 0 Å². The second-order valence-corrected chi connectivity index (χ2v) is 10.6. The van der Waals surface area contributed by atoms with Crippen molar-refractivity contribution in [1.29, 1.82) is 0 Å². The molecule has 0 aliphatic carbocycles. The van der Waals surface area contributed by atoms with Crippen LogP contribution in [-0.2, 0) is 32.3 Å². The van der Waals surface area contributed by atoms with E-state index in [9.17, 15) is 31.2 Å². The molecule has 1 aliphatic rings. The number of carbonyl (C=O) groups is 2. The third kappa shape index (κ3) is 6.21. The van der Waals surface area contributed by atoms with E-state index in [1.54, 1.807) is 12.1 Å². The average Bonchev–Trinajstić information content (AvgIpc) is 2.81. The fraction of sp³-hybridized carbons (Fsp3) is 0.417. The number of hydrogen-bond acceptors (Lipinski definition) is 4. The van der Waals surface area contributed by atoms with Gasteiger partial charge in [0, 0.05) is 33.1 Å². The van der Waals surface area contributed by atoms with Crippen molar-refractivity contribution in [3.63, 3.8) is 0 Å². The molecule has 0 spiro atoms. The van der Waals surface area contributed by atoms with Crippen molar-refractivity contribution in [2.24, 2.45) is 0 Å². The van der Waals surface area contributed by atoms with Crippen molar-refractivity contribution < 1.29 is 31.2 Å². The van der Waals surface area contributed by atoms with Crippen LogP contribution in [0.15, 0.2) is 53.4 Å². The van der Waals surface area contributed by atoms with Crippen LogP contribution in [0.3, 0.4) is 0 Å². The fourth-order valence-corrected chi connectivity index (χ4v) is 5.45. The molecule has 2 aromatic carbocycles. The van der Waals surface area contributed by atoms with Gasteiger partial charge >= 0.3 is 6.18 Å². The normalized spacial score (nSPS) is 17.5. The molecule has 0 saturated carbocycles. The highest BCUT2D eigenvalue weighted by Gasteiger charge is 2.40. The Kier molecular flexibility index (Phi) is 7.90. The van der Waals surface area contributed by atoms with Gasteiger partial charge in [0.2, 0.25) is 21.8 Å². The number of nitrogens with zero attached hydrogens (tertiary/aromatic N) is 2. The summed E-state index contributed by atoms with van der Waals surface area (Å²) in [6.45, 7) is 4.94. The van der Waals surface area contributed by atoms with E-state index >= 15 is 0 Å². The highest BCUT2D eigenvalue weighted by molar-refractivity contribution is 7.89. The van der Waals surface area contributed by atoms with Gasteiger partial charge in [-0.25, -0.2) is 8.42 Å². The summed E-state index contributed by atoms with van der Waals surface area (Å²) in [6.07, 6.45) is -4.53. The SMILES string of the molecule is CC(=O)N1CCN(S(=O)(=O)c2ccc(C(C)C)cc2)C(C(=O)NCc2cccc(C(F)(F)F)c2)C1. The van der Waals surface area contributed by atoms with Crippen LogP contribution < -0.4 is 5.32 Å². The summed E-state index contributed by atoms with van der Waals surface area (Å²) >= 11 is 0. The molecule has 0 aromatic heterocycles. The lowest BCUT2D eigenvalue weighted by Gasteiger charge is -2.39. The average molecular weight is 512 g/mol. The maximum Gasteiger partial charge on any atom is 0.416 e. The lowest BCUT2D eigenvalue weighted by atomic mass is 10.0. The third-order valence-corrected chi connectivity index (χ3v) is 7.88. The number of sulfonamides is 1. The van der Waals surface area contributed by atoms with Crippen LogP contribution in [0, 0.1) is 0 Å². The Morgan fingerprint density at radius 3 is 2.31 bits per heavy atom. The Labute approximate surface area is 203 Å². The number of amides is 2. The molecule has 3 rings (SSSR count). The first-order chi connectivity index (χ1) is 16.3. The first kappa shape index (κ1) is 26.7. The Balaban J connectivity index is 1.84. The summed E-state index contributed by atoms with van der Waals surface area (Å²) < 4.78 is 66.8. The lowest BCUT2D eigenvalue weighted by molar-refractivity contribution is -0.137. The molecule has 190 valence electrons. The van der Waals surface area contributed by atoms with Crippen molar-refractivity contribution in [2.75, 3.05) is 19.6 Å². The van der Waals surface area contributed by atoms with E-state index in [0.717, 1.165) is 22.0 Å². The van der Waals surface area contributed by atoms with E-state index in [2.05, 4.69) is 5.32 Å². The van der Waals surface area contributed by atoms with E-state index in [-0.39, 0.29) is 48.5 Å². The van der Waals surface area contributed by atoms with Crippen molar-refractivity contribution in [2.45, 2.75) is 50.3 Å². The topological polar surface area (TPSA) is 86.8 Å². The van der Waals surface area contributed by atoms with Crippen LogP contribution in [0.25, 0.3) is 0 Å². The van der Waals surface area contributed by atoms with E-state index in [4.69, 9.17) is 0 Å². The Hall–Kier alpha value is -2.92. The van der Waals surface area contributed by atoms with E-state index < -0.39 is 33.7 Å². The molecule has 1 aliphatic heterocycles. The predicted molar refractivity (Wildman–Crippen MR) is 124 cm³/mol. The van der Waals surface area contributed by atoms with Gasteiger partial charge in [-0.3, -0.25) is 9.59 Å². The standard InChI is InChI=1S/C24H28F3N3O4S/c1-16(2)19-7-9-21(10-8-19)35(33,34)30-12-11-29(17(3)31)15-22(30)23(32)28-14-18-5-4-6-20(13-18)24(25,26)27/h4-10,13,16,22H,11-12,14-15H2,1-3H3,(H,28,32). The van der Waals surface area contributed by atoms with E-state index in [0.29, 0.717) is 0 Å². The minimum atomic E-state index is -4.53. The lowest BCUT2D eigenvalue weighted by Crippen LogP contribution is -2.61. The molecule has 1 atom stereocenters. The monoisotopic (exact) mass is 511 g/mol. The Morgan fingerprint density at radius 1 is 1.09 bits per heavy atom. The maximum atomic E-state index is 13.4. The summed E-state index contributed by atoms with van der Waals surface area (Å²) in [5.74, 6) is -0.796. The zero-order chi connectivity index (χ0) is 26.0. The molecule has 1 unspecified atom stereocenters. The van der Waals surface area contributed by atoms with Crippen molar-refractivity contribution >= 4 is 21.8 Å². The van der Waals surface area contributed by atoms with Crippen molar-refractivity contribution in [1.82, 2.24) is 14.5 Å². The van der Waals surface area contributed by atoms with Gasteiger partial charge < -0.3 is 10.2 Å². The van der Waals surface area contributed by atoms with Crippen LogP contribution >= 0.6 is 0 Å². The van der Waals surface area contributed by atoms with Crippen LogP contribution in [0.5, 0.6) is 0 Å². The summed E-state index contributed by atoms with van der Waals surface area (Å²) in [5.41, 5.74) is 0.325.